The molecule has 0 N–H and O–H groups in total. The standard InChI is InChI=1S/C12H14BrNS/c1-8(2)9(3)15-12-6-11(13)5-4-10(12)7-14/h4-6,8-9H,1-3H3. The van der Waals surface area contributed by atoms with Gasteiger partial charge in [-0.05, 0) is 24.1 Å². The predicted molar refractivity (Wildman–Crippen MR) is 69.0 cm³/mol. The maximum Gasteiger partial charge on any atom is 0.100 e. The topological polar surface area (TPSA) is 23.8 Å². The number of nitrogens with zero attached hydrogens (tertiary/aromatic N) is 1. The third-order valence-electron chi connectivity index (χ3n) is 2.32. The second-order valence-electron chi connectivity index (χ2n) is 3.82. The monoisotopic (exact) mass is 283 g/mol. The van der Waals surface area contributed by atoms with Crippen molar-refractivity contribution in [1.82, 2.24) is 0 Å². The lowest BCUT2D eigenvalue weighted by Crippen LogP contribution is -2.05. The van der Waals surface area contributed by atoms with Crippen molar-refractivity contribution in [2.75, 3.05) is 0 Å². The number of hydrogen-bond donors (Lipinski definition) is 0. The van der Waals surface area contributed by atoms with Gasteiger partial charge in [0, 0.05) is 14.6 Å². The molecule has 0 bridgehead atoms. The minimum absolute atomic E-state index is 0.520. The van der Waals surface area contributed by atoms with Gasteiger partial charge in [-0.2, -0.15) is 5.26 Å². The number of thioether (sulfide) groups is 1. The van der Waals surface area contributed by atoms with Crippen LogP contribution in [0.3, 0.4) is 0 Å². The van der Waals surface area contributed by atoms with Crippen molar-refractivity contribution < 1.29 is 0 Å². The number of hydrogen-bond acceptors (Lipinski definition) is 2. The Hall–Kier alpha value is -0.460. The van der Waals surface area contributed by atoms with Crippen LogP contribution in [0, 0.1) is 17.2 Å². The van der Waals surface area contributed by atoms with Crippen LogP contribution in [0.25, 0.3) is 0 Å². The second kappa shape index (κ2) is 5.58. The van der Waals surface area contributed by atoms with E-state index in [4.69, 9.17) is 5.26 Å². The lowest BCUT2D eigenvalue weighted by molar-refractivity contribution is 0.642. The van der Waals surface area contributed by atoms with Crippen LogP contribution in [-0.2, 0) is 0 Å². The summed E-state index contributed by atoms with van der Waals surface area (Å²) in [7, 11) is 0. The van der Waals surface area contributed by atoms with Crippen molar-refractivity contribution >= 4 is 27.7 Å². The number of benzene rings is 1. The first-order valence-electron chi connectivity index (χ1n) is 4.91. The number of halogens is 1. The van der Waals surface area contributed by atoms with Gasteiger partial charge in [0.2, 0.25) is 0 Å². The largest absolute Gasteiger partial charge is 0.192 e. The normalized spacial score (nSPS) is 12.5. The van der Waals surface area contributed by atoms with E-state index in [9.17, 15) is 0 Å². The highest BCUT2D eigenvalue weighted by atomic mass is 79.9. The van der Waals surface area contributed by atoms with Crippen molar-refractivity contribution in [1.29, 1.82) is 5.26 Å². The van der Waals surface area contributed by atoms with E-state index in [1.807, 2.05) is 18.2 Å². The Morgan fingerprint density at radius 1 is 1.33 bits per heavy atom. The summed E-state index contributed by atoms with van der Waals surface area (Å²) in [4.78, 5) is 1.06. The van der Waals surface area contributed by atoms with Crippen molar-refractivity contribution in [3.63, 3.8) is 0 Å². The summed E-state index contributed by atoms with van der Waals surface area (Å²) in [5, 5.41) is 9.50. The smallest absolute Gasteiger partial charge is 0.100 e. The average Bonchev–Trinajstić information content (AvgIpc) is 2.18. The predicted octanol–water partition coefficient (Wildman–Crippen LogP) is 4.46. The highest BCUT2D eigenvalue weighted by Crippen LogP contribution is 2.32. The molecule has 1 aromatic rings. The lowest BCUT2D eigenvalue weighted by Gasteiger charge is -2.15. The summed E-state index contributed by atoms with van der Waals surface area (Å²) in [6.07, 6.45) is 0. The molecule has 0 aromatic heterocycles. The summed E-state index contributed by atoms with van der Waals surface area (Å²) in [5.74, 6) is 0.612. The fourth-order valence-corrected chi connectivity index (χ4v) is 2.64. The van der Waals surface area contributed by atoms with Crippen LogP contribution in [0.5, 0.6) is 0 Å². The van der Waals surface area contributed by atoms with Gasteiger partial charge < -0.3 is 0 Å². The van der Waals surface area contributed by atoms with E-state index in [2.05, 4.69) is 42.8 Å². The molecule has 1 rings (SSSR count). The van der Waals surface area contributed by atoms with Crippen LogP contribution in [-0.4, -0.2) is 5.25 Å². The van der Waals surface area contributed by atoms with Gasteiger partial charge in [0.15, 0.2) is 0 Å². The maximum atomic E-state index is 8.98. The quantitative estimate of drug-likeness (QED) is 0.765. The Morgan fingerprint density at radius 2 is 2.00 bits per heavy atom. The first-order valence-corrected chi connectivity index (χ1v) is 6.58. The summed E-state index contributed by atoms with van der Waals surface area (Å²) in [6.45, 7) is 6.58. The van der Waals surface area contributed by atoms with E-state index in [1.165, 1.54) is 0 Å². The van der Waals surface area contributed by atoms with E-state index in [0.717, 1.165) is 14.9 Å². The lowest BCUT2D eigenvalue weighted by atomic mass is 10.2. The van der Waals surface area contributed by atoms with Gasteiger partial charge in [0.1, 0.15) is 6.07 Å². The highest BCUT2D eigenvalue weighted by Gasteiger charge is 2.11. The van der Waals surface area contributed by atoms with Crippen molar-refractivity contribution in [2.24, 2.45) is 5.92 Å². The Kier molecular flexibility index (Phi) is 4.69. The van der Waals surface area contributed by atoms with Crippen LogP contribution in [0.4, 0.5) is 0 Å². The molecule has 1 unspecified atom stereocenters. The minimum atomic E-state index is 0.520. The second-order valence-corrected chi connectivity index (χ2v) is 6.15. The molecule has 1 atom stereocenters. The molecular weight excluding hydrogens is 270 g/mol. The first-order chi connectivity index (χ1) is 7.04. The summed E-state index contributed by atoms with van der Waals surface area (Å²) >= 11 is 5.19. The molecule has 0 saturated carbocycles. The molecule has 3 heteroatoms. The van der Waals surface area contributed by atoms with Gasteiger partial charge >= 0.3 is 0 Å². The zero-order valence-corrected chi connectivity index (χ0v) is 11.5. The Morgan fingerprint density at radius 3 is 2.53 bits per heavy atom. The fraction of sp³-hybridized carbons (Fsp3) is 0.417. The van der Waals surface area contributed by atoms with E-state index in [-0.39, 0.29) is 0 Å². The highest BCUT2D eigenvalue weighted by molar-refractivity contribution is 9.10. The van der Waals surface area contributed by atoms with Crippen LogP contribution in [0.15, 0.2) is 27.6 Å². The van der Waals surface area contributed by atoms with Crippen molar-refractivity contribution in [2.45, 2.75) is 30.9 Å². The van der Waals surface area contributed by atoms with Gasteiger partial charge in [0.05, 0.1) is 5.56 Å². The van der Waals surface area contributed by atoms with Crippen LogP contribution < -0.4 is 0 Å². The zero-order chi connectivity index (χ0) is 11.4. The van der Waals surface area contributed by atoms with Crippen LogP contribution >= 0.6 is 27.7 Å². The summed E-state index contributed by atoms with van der Waals surface area (Å²) in [5.41, 5.74) is 0.760. The molecule has 15 heavy (non-hydrogen) atoms. The van der Waals surface area contributed by atoms with Gasteiger partial charge in [-0.25, -0.2) is 0 Å². The third-order valence-corrected chi connectivity index (χ3v) is 4.32. The van der Waals surface area contributed by atoms with E-state index in [1.54, 1.807) is 11.8 Å². The number of rotatable bonds is 3. The average molecular weight is 284 g/mol. The van der Waals surface area contributed by atoms with Gasteiger partial charge in [0.25, 0.3) is 0 Å². The zero-order valence-electron chi connectivity index (χ0n) is 9.12. The molecule has 0 aliphatic carbocycles. The Bertz CT molecular complexity index is 382. The molecule has 0 saturated heterocycles. The molecule has 0 fully saturated rings. The molecule has 1 aromatic carbocycles. The minimum Gasteiger partial charge on any atom is -0.192 e. The van der Waals surface area contributed by atoms with E-state index in [0.29, 0.717) is 11.2 Å². The first kappa shape index (κ1) is 12.6. The Balaban J connectivity index is 2.93. The molecule has 0 spiro atoms. The maximum absolute atomic E-state index is 8.98. The van der Waals surface area contributed by atoms with Crippen molar-refractivity contribution in [3.05, 3.63) is 28.2 Å². The van der Waals surface area contributed by atoms with Gasteiger partial charge in [-0.1, -0.05) is 36.7 Å². The Labute approximate surface area is 104 Å². The van der Waals surface area contributed by atoms with E-state index >= 15 is 0 Å². The fourth-order valence-electron chi connectivity index (χ4n) is 1.02. The molecule has 0 aliphatic rings. The summed E-state index contributed by atoms with van der Waals surface area (Å²) < 4.78 is 1.03. The summed E-state index contributed by atoms with van der Waals surface area (Å²) in [6, 6.07) is 8.01. The van der Waals surface area contributed by atoms with E-state index < -0.39 is 0 Å². The molecule has 0 aliphatic heterocycles. The number of nitriles is 1. The SMILES string of the molecule is CC(C)C(C)Sc1cc(Br)ccc1C#N. The van der Waals surface area contributed by atoms with Gasteiger partial charge in [-0.3, -0.25) is 0 Å². The van der Waals surface area contributed by atoms with Gasteiger partial charge in [-0.15, -0.1) is 11.8 Å². The van der Waals surface area contributed by atoms with Crippen LogP contribution in [0.1, 0.15) is 26.3 Å². The molecule has 80 valence electrons. The molecule has 0 amide bonds. The molecule has 1 nitrogen and oxygen atoms in total. The molecule has 0 radical (unpaired) electrons. The molecule has 0 heterocycles. The molecular formula is C12H14BrNS. The van der Waals surface area contributed by atoms with Crippen molar-refractivity contribution in [3.8, 4) is 6.07 Å². The van der Waals surface area contributed by atoms with Crippen LogP contribution in [0.2, 0.25) is 0 Å². The third kappa shape index (κ3) is 3.55.